The first-order chi connectivity index (χ1) is 13.7. The van der Waals surface area contributed by atoms with E-state index >= 15 is 0 Å². The molecule has 2 aromatic rings. The van der Waals surface area contributed by atoms with Gasteiger partial charge in [0, 0.05) is 25.2 Å². The molecule has 0 aliphatic heterocycles. The molecular formula is C20H23ClN2O5S. The molecule has 0 spiro atoms. The minimum absolute atomic E-state index is 0.0397. The van der Waals surface area contributed by atoms with Crippen molar-refractivity contribution in [2.24, 2.45) is 0 Å². The highest BCUT2D eigenvalue weighted by Crippen LogP contribution is 2.25. The Kier molecular flexibility index (Phi) is 7.64. The largest absolute Gasteiger partial charge is 0.452 e. The number of benzene rings is 2. The smallest absolute Gasteiger partial charge is 0.338 e. The van der Waals surface area contributed by atoms with Crippen molar-refractivity contribution < 1.29 is 22.7 Å². The number of amides is 1. The summed E-state index contributed by atoms with van der Waals surface area (Å²) < 4.78 is 32.0. The number of carbonyl (C=O) groups is 2. The van der Waals surface area contributed by atoms with Crippen LogP contribution in [0.4, 0.5) is 5.69 Å². The van der Waals surface area contributed by atoms with Crippen molar-refractivity contribution in [1.29, 1.82) is 0 Å². The van der Waals surface area contributed by atoms with Gasteiger partial charge in [-0.05, 0) is 50.2 Å². The Morgan fingerprint density at radius 3 is 2.31 bits per heavy atom. The molecule has 0 aliphatic carbocycles. The zero-order chi connectivity index (χ0) is 21.6. The van der Waals surface area contributed by atoms with E-state index in [-0.39, 0.29) is 16.4 Å². The molecule has 7 nitrogen and oxygen atoms in total. The van der Waals surface area contributed by atoms with E-state index in [1.165, 1.54) is 42.3 Å². The average molecular weight is 439 g/mol. The van der Waals surface area contributed by atoms with Gasteiger partial charge in [0.05, 0.1) is 16.1 Å². The molecule has 0 heterocycles. The second-order valence-electron chi connectivity index (χ2n) is 6.12. The van der Waals surface area contributed by atoms with E-state index in [9.17, 15) is 18.0 Å². The quantitative estimate of drug-likeness (QED) is 0.591. The molecule has 0 saturated heterocycles. The van der Waals surface area contributed by atoms with Crippen molar-refractivity contribution in [3.8, 4) is 0 Å². The van der Waals surface area contributed by atoms with Crippen molar-refractivity contribution in [1.82, 2.24) is 4.90 Å². The lowest BCUT2D eigenvalue weighted by Crippen LogP contribution is -2.34. The molecule has 1 amide bonds. The number of hydrogen-bond acceptors (Lipinski definition) is 5. The molecule has 156 valence electrons. The number of nitrogens with zero attached hydrogens (tertiary/aromatic N) is 2. The maximum atomic E-state index is 12.9. The van der Waals surface area contributed by atoms with Gasteiger partial charge in [0.25, 0.3) is 15.9 Å². The van der Waals surface area contributed by atoms with Crippen LogP contribution < -0.4 is 4.31 Å². The van der Waals surface area contributed by atoms with E-state index in [0.29, 0.717) is 23.8 Å². The molecule has 0 aromatic heterocycles. The normalized spacial score (nSPS) is 11.0. The maximum absolute atomic E-state index is 12.9. The second kappa shape index (κ2) is 9.76. The standard InChI is InChI=1S/C20H23ClN2O5S/c1-4-23(5-2)19(24)14-28-20(25)15-8-6-11-18(12-15)29(26,27)22(3)17-10-7-9-16(21)13-17/h6-13H,4-5,14H2,1-3H3. The van der Waals surface area contributed by atoms with Crippen molar-refractivity contribution in [2.75, 3.05) is 31.0 Å². The third-order valence-electron chi connectivity index (χ3n) is 4.34. The number of likely N-dealkylation sites (N-methyl/N-ethyl adjacent to an activating group) is 1. The van der Waals surface area contributed by atoms with Crippen LogP contribution in [0.15, 0.2) is 53.4 Å². The van der Waals surface area contributed by atoms with Gasteiger partial charge in [-0.1, -0.05) is 23.7 Å². The molecule has 2 rings (SSSR count). The Hall–Kier alpha value is -2.58. The molecule has 0 fully saturated rings. The van der Waals surface area contributed by atoms with E-state index < -0.39 is 22.6 Å². The minimum Gasteiger partial charge on any atom is -0.452 e. The number of carbonyl (C=O) groups excluding carboxylic acids is 2. The fourth-order valence-corrected chi connectivity index (χ4v) is 4.05. The van der Waals surface area contributed by atoms with Crippen LogP contribution in [0, 0.1) is 0 Å². The summed E-state index contributed by atoms with van der Waals surface area (Å²) in [4.78, 5) is 25.7. The van der Waals surface area contributed by atoms with Gasteiger partial charge < -0.3 is 9.64 Å². The Balaban J connectivity index is 2.19. The van der Waals surface area contributed by atoms with E-state index in [1.54, 1.807) is 18.2 Å². The summed E-state index contributed by atoms with van der Waals surface area (Å²) in [6, 6.07) is 11.9. The summed E-state index contributed by atoms with van der Waals surface area (Å²) >= 11 is 5.94. The van der Waals surface area contributed by atoms with Crippen molar-refractivity contribution in [3.63, 3.8) is 0 Å². The van der Waals surface area contributed by atoms with Crippen LogP contribution in [-0.4, -0.2) is 51.9 Å². The molecule has 0 unspecified atom stereocenters. The van der Waals surface area contributed by atoms with E-state index in [2.05, 4.69) is 0 Å². The minimum atomic E-state index is -3.93. The molecule has 9 heteroatoms. The van der Waals surface area contributed by atoms with Crippen LogP contribution in [0.2, 0.25) is 5.02 Å². The van der Waals surface area contributed by atoms with Crippen LogP contribution in [-0.2, 0) is 19.6 Å². The van der Waals surface area contributed by atoms with Gasteiger partial charge in [0.1, 0.15) is 0 Å². The molecular weight excluding hydrogens is 416 g/mol. The van der Waals surface area contributed by atoms with E-state index in [4.69, 9.17) is 16.3 Å². The Morgan fingerprint density at radius 1 is 1.03 bits per heavy atom. The zero-order valence-electron chi connectivity index (χ0n) is 16.5. The summed E-state index contributed by atoms with van der Waals surface area (Å²) in [5.41, 5.74) is 0.424. The number of rotatable bonds is 8. The van der Waals surface area contributed by atoms with Gasteiger partial charge >= 0.3 is 5.97 Å². The average Bonchev–Trinajstić information content (AvgIpc) is 2.72. The fourth-order valence-electron chi connectivity index (χ4n) is 2.63. The predicted octanol–water partition coefficient (Wildman–Crippen LogP) is 3.19. The van der Waals surface area contributed by atoms with Crippen molar-refractivity contribution in [3.05, 3.63) is 59.1 Å². The topological polar surface area (TPSA) is 84.0 Å². The lowest BCUT2D eigenvalue weighted by Gasteiger charge is -2.20. The van der Waals surface area contributed by atoms with E-state index in [0.717, 1.165) is 4.31 Å². The monoisotopic (exact) mass is 438 g/mol. The highest BCUT2D eigenvalue weighted by atomic mass is 35.5. The summed E-state index contributed by atoms with van der Waals surface area (Å²) in [5.74, 6) is -1.08. The number of esters is 1. The summed E-state index contributed by atoms with van der Waals surface area (Å²) in [6.45, 7) is 4.27. The predicted molar refractivity (Wildman–Crippen MR) is 112 cm³/mol. The maximum Gasteiger partial charge on any atom is 0.338 e. The van der Waals surface area contributed by atoms with Gasteiger partial charge in [-0.15, -0.1) is 0 Å². The first kappa shape index (κ1) is 22.7. The number of sulfonamides is 1. The number of hydrogen-bond donors (Lipinski definition) is 0. The number of ether oxygens (including phenoxy) is 1. The first-order valence-corrected chi connectivity index (χ1v) is 10.8. The van der Waals surface area contributed by atoms with Crippen LogP contribution >= 0.6 is 11.6 Å². The molecule has 0 radical (unpaired) electrons. The zero-order valence-corrected chi connectivity index (χ0v) is 18.0. The Morgan fingerprint density at radius 2 is 1.69 bits per heavy atom. The highest BCUT2D eigenvalue weighted by molar-refractivity contribution is 7.92. The van der Waals surface area contributed by atoms with Crippen molar-refractivity contribution >= 4 is 39.2 Å². The molecule has 0 saturated carbocycles. The molecule has 0 N–H and O–H groups in total. The highest BCUT2D eigenvalue weighted by Gasteiger charge is 2.23. The third-order valence-corrected chi connectivity index (χ3v) is 6.36. The SMILES string of the molecule is CCN(CC)C(=O)COC(=O)c1cccc(S(=O)(=O)N(C)c2cccc(Cl)c2)c1. The Labute approximate surface area is 175 Å². The third kappa shape index (κ3) is 5.48. The second-order valence-corrected chi connectivity index (χ2v) is 8.53. The van der Waals surface area contributed by atoms with Crippen LogP contribution in [0.5, 0.6) is 0 Å². The number of halogens is 1. The summed E-state index contributed by atoms with van der Waals surface area (Å²) in [7, 11) is -2.53. The lowest BCUT2D eigenvalue weighted by molar-refractivity contribution is -0.134. The van der Waals surface area contributed by atoms with Crippen LogP contribution in [0.25, 0.3) is 0 Å². The van der Waals surface area contributed by atoms with Crippen molar-refractivity contribution in [2.45, 2.75) is 18.7 Å². The van der Waals surface area contributed by atoms with Gasteiger partial charge in [0.15, 0.2) is 6.61 Å². The Bertz CT molecular complexity index is 990. The lowest BCUT2D eigenvalue weighted by atomic mass is 10.2. The summed E-state index contributed by atoms with van der Waals surface area (Å²) in [5, 5.41) is 0.403. The van der Waals surface area contributed by atoms with Gasteiger partial charge in [-0.25, -0.2) is 13.2 Å². The molecule has 29 heavy (non-hydrogen) atoms. The molecule has 0 atom stereocenters. The first-order valence-electron chi connectivity index (χ1n) is 9.00. The van der Waals surface area contributed by atoms with Gasteiger partial charge in [-0.3, -0.25) is 9.10 Å². The fraction of sp³-hybridized carbons (Fsp3) is 0.300. The van der Waals surface area contributed by atoms with Gasteiger partial charge in [0.2, 0.25) is 0 Å². The molecule has 0 aliphatic rings. The number of anilines is 1. The van der Waals surface area contributed by atoms with Gasteiger partial charge in [-0.2, -0.15) is 0 Å². The van der Waals surface area contributed by atoms with Crippen LogP contribution in [0.1, 0.15) is 24.2 Å². The summed E-state index contributed by atoms with van der Waals surface area (Å²) in [6.07, 6.45) is 0. The molecule has 2 aromatic carbocycles. The van der Waals surface area contributed by atoms with Crippen LogP contribution in [0.3, 0.4) is 0 Å². The van der Waals surface area contributed by atoms with E-state index in [1.807, 2.05) is 13.8 Å². The molecule has 0 bridgehead atoms.